The number of hydrogen-bond donors (Lipinski definition) is 0. The maximum absolute atomic E-state index is 2.57. The lowest BCUT2D eigenvalue weighted by atomic mass is 9.76. The van der Waals surface area contributed by atoms with E-state index in [2.05, 4.69) is 13.0 Å². The average Bonchev–Trinajstić information content (AvgIpc) is 2.66. The molecule has 0 saturated heterocycles. The zero-order valence-corrected chi connectivity index (χ0v) is 7.92. The predicted octanol–water partition coefficient (Wildman–Crippen LogP) is 3.39. The van der Waals surface area contributed by atoms with Crippen molar-refractivity contribution in [2.75, 3.05) is 0 Å². The highest BCUT2D eigenvalue weighted by Gasteiger charge is 2.49. The summed E-state index contributed by atoms with van der Waals surface area (Å²) in [4.78, 5) is 0. The summed E-state index contributed by atoms with van der Waals surface area (Å²) in [5.41, 5.74) is 1.84. The SMILES string of the molecule is CCC1C=C(C2CCC3CC32)C1. The summed E-state index contributed by atoms with van der Waals surface area (Å²) in [7, 11) is 0. The van der Waals surface area contributed by atoms with Gasteiger partial charge in [-0.25, -0.2) is 0 Å². The summed E-state index contributed by atoms with van der Waals surface area (Å²) in [5, 5.41) is 0. The molecule has 0 radical (unpaired) electrons. The monoisotopic (exact) mass is 162 g/mol. The Bertz CT molecular complexity index is 226. The van der Waals surface area contributed by atoms with Crippen molar-refractivity contribution in [1.29, 1.82) is 0 Å². The molecule has 0 aromatic carbocycles. The Morgan fingerprint density at radius 2 is 2.25 bits per heavy atom. The minimum absolute atomic E-state index is 0.956. The second kappa shape index (κ2) is 2.37. The molecule has 3 aliphatic rings. The molecule has 2 saturated carbocycles. The summed E-state index contributed by atoms with van der Waals surface area (Å²) < 4.78 is 0. The van der Waals surface area contributed by atoms with Crippen LogP contribution in [0.1, 0.15) is 39.0 Å². The second-order valence-electron chi connectivity index (χ2n) is 4.96. The topological polar surface area (TPSA) is 0 Å². The Morgan fingerprint density at radius 3 is 2.75 bits per heavy atom. The molecule has 12 heavy (non-hydrogen) atoms. The van der Waals surface area contributed by atoms with E-state index in [1.165, 1.54) is 19.3 Å². The van der Waals surface area contributed by atoms with Crippen LogP contribution in [0.25, 0.3) is 0 Å². The van der Waals surface area contributed by atoms with Gasteiger partial charge in [-0.3, -0.25) is 0 Å². The molecule has 66 valence electrons. The number of hydrogen-bond acceptors (Lipinski definition) is 0. The minimum atomic E-state index is 0.956. The molecule has 0 amide bonds. The van der Waals surface area contributed by atoms with Gasteiger partial charge in [-0.05, 0) is 55.8 Å². The van der Waals surface area contributed by atoms with E-state index < -0.39 is 0 Å². The summed E-state index contributed by atoms with van der Waals surface area (Å²) in [6.07, 6.45) is 10.0. The maximum atomic E-state index is 2.57. The van der Waals surface area contributed by atoms with Crippen molar-refractivity contribution in [2.45, 2.75) is 39.0 Å². The molecule has 0 heterocycles. The summed E-state index contributed by atoms with van der Waals surface area (Å²) >= 11 is 0. The summed E-state index contributed by atoms with van der Waals surface area (Å²) in [6.45, 7) is 2.31. The van der Waals surface area contributed by atoms with Gasteiger partial charge in [0.2, 0.25) is 0 Å². The van der Waals surface area contributed by atoms with Gasteiger partial charge in [0, 0.05) is 0 Å². The Labute approximate surface area is 75.0 Å². The first-order valence-electron chi connectivity index (χ1n) is 5.59. The first-order chi connectivity index (χ1) is 5.88. The molecule has 0 N–H and O–H groups in total. The summed E-state index contributed by atoms with van der Waals surface area (Å²) in [5.74, 6) is 4.32. The van der Waals surface area contributed by atoms with E-state index in [1.807, 2.05) is 5.57 Å². The normalized spacial score (nSPS) is 49.6. The zero-order chi connectivity index (χ0) is 8.13. The minimum Gasteiger partial charge on any atom is -0.0816 e. The van der Waals surface area contributed by atoms with Gasteiger partial charge in [0.1, 0.15) is 0 Å². The summed E-state index contributed by atoms with van der Waals surface area (Å²) in [6, 6.07) is 0. The quantitative estimate of drug-likeness (QED) is 0.546. The van der Waals surface area contributed by atoms with Gasteiger partial charge >= 0.3 is 0 Å². The van der Waals surface area contributed by atoms with Gasteiger partial charge in [0.25, 0.3) is 0 Å². The van der Waals surface area contributed by atoms with Crippen LogP contribution in [0, 0.1) is 23.7 Å². The van der Waals surface area contributed by atoms with Crippen molar-refractivity contribution in [3.8, 4) is 0 Å². The van der Waals surface area contributed by atoms with E-state index in [-0.39, 0.29) is 0 Å². The molecule has 4 atom stereocenters. The molecule has 0 aliphatic heterocycles. The van der Waals surface area contributed by atoms with Crippen LogP contribution in [0.3, 0.4) is 0 Å². The van der Waals surface area contributed by atoms with Crippen LogP contribution in [0.15, 0.2) is 11.6 Å². The first kappa shape index (κ1) is 7.17. The lowest BCUT2D eigenvalue weighted by Crippen LogP contribution is -2.16. The van der Waals surface area contributed by atoms with E-state index in [9.17, 15) is 0 Å². The number of allylic oxidation sites excluding steroid dienone is 2. The lowest BCUT2D eigenvalue weighted by molar-refractivity contribution is 0.447. The van der Waals surface area contributed by atoms with Crippen molar-refractivity contribution < 1.29 is 0 Å². The van der Waals surface area contributed by atoms with Crippen molar-refractivity contribution in [1.82, 2.24) is 0 Å². The van der Waals surface area contributed by atoms with Gasteiger partial charge < -0.3 is 0 Å². The van der Waals surface area contributed by atoms with E-state index in [1.54, 1.807) is 12.8 Å². The van der Waals surface area contributed by atoms with Gasteiger partial charge in [0.05, 0.1) is 0 Å². The smallest absolute Gasteiger partial charge is 0.0172 e. The first-order valence-corrected chi connectivity index (χ1v) is 5.59. The maximum Gasteiger partial charge on any atom is -0.0172 e. The average molecular weight is 162 g/mol. The molecule has 0 nitrogen and oxygen atoms in total. The van der Waals surface area contributed by atoms with Gasteiger partial charge in [0.15, 0.2) is 0 Å². The molecule has 4 unspecified atom stereocenters. The van der Waals surface area contributed by atoms with Crippen LogP contribution in [-0.4, -0.2) is 0 Å². The van der Waals surface area contributed by atoms with Crippen LogP contribution < -0.4 is 0 Å². The molecule has 0 heteroatoms. The molecule has 2 fully saturated rings. The molecule has 0 aromatic rings. The van der Waals surface area contributed by atoms with Crippen molar-refractivity contribution in [2.24, 2.45) is 23.7 Å². The highest BCUT2D eigenvalue weighted by atomic mass is 14.5. The van der Waals surface area contributed by atoms with E-state index in [0.29, 0.717) is 0 Å². The van der Waals surface area contributed by atoms with E-state index in [4.69, 9.17) is 0 Å². The van der Waals surface area contributed by atoms with Gasteiger partial charge in [-0.2, -0.15) is 0 Å². The van der Waals surface area contributed by atoms with Crippen molar-refractivity contribution >= 4 is 0 Å². The third kappa shape index (κ3) is 0.901. The predicted molar refractivity (Wildman–Crippen MR) is 50.8 cm³/mol. The Morgan fingerprint density at radius 1 is 1.42 bits per heavy atom. The second-order valence-corrected chi connectivity index (χ2v) is 4.96. The Balaban J connectivity index is 1.68. The number of fused-ring (bicyclic) bond motifs is 1. The molecular formula is C12H18. The zero-order valence-electron chi connectivity index (χ0n) is 7.92. The number of rotatable bonds is 2. The fraction of sp³-hybridized carbons (Fsp3) is 0.833. The highest BCUT2D eigenvalue weighted by molar-refractivity contribution is 5.24. The van der Waals surface area contributed by atoms with Crippen LogP contribution in [0.5, 0.6) is 0 Å². The molecule has 0 bridgehead atoms. The van der Waals surface area contributed by atoms with Crippen LogP contribution >= 0.6 is 0 Å². The van der Waals surface area contributed by atoms with Crippen molar-refractivity contribution in [3.63, 3.8) is 0 Å². The van der Waals surface area contributed by atoms with Gasteiger partial charge in [-0.1, -0.05) is 18.6 Å². The third-order valence-corrected chi connectivity index (χ3v) is 4.29. The Hall–Kier alpha value is -0.260. The largest absolute Gasteiger partial charge is 0.0816 e. The van der Waals surface area contributed by atoms with Crippen LogP contribution in [0.4, 0.5) is 0 Å². The van der Waals surface area contributed by atoms with Crippen LogP contribution in [0.2, 0.25) is 0 Å². The fourth-order valence-electron chi connectivity index (χ4n) is 3.27. The molecule has 0 aromatic heterocycles. The molecule has 3 aliphatic carbocycles. The third-order valence-electron chi connectivity index (χ3n) is 4.29. The fourth-order valence-corrected chi connectivity index (χ4v) is 3.27. The van der Waals surface area contributed by atoms with E-state index >= 15 is 0 Å². The molecule has 0 spiro atoms. The highest BCUT2D eigenvalue weighted by Crippen LogP contribution is 2.59. The van der Waals surface area contributed by atoms with Crippen LogP contribution in [-0.2, 0) is 0 Å². The van der Waals surface area contributed by atoms with Crippen molar-refractivity contribution in [3.05, 3.63) is 11.6 Å². The van der Waals surface area contributed by atoms with Gasteiger partial charge in [-0.15, -0.1) is 0 Å². The van der Waals surface area contributed by atoms with E-state index in [0.717, 1.165) is 23.7 Å². The standard InChI is InChI=1S/C12H18/c1-2-8-5-10(6-8)11-4-3-9-7-12(9)11/h5,8-9,11-12H,2-4,6-7H2,1H3. The lowest BCUT2D eigenvalue weighted by Gasteiger charge is -2.29. The Kier molecular flexibility index (Phi) is 1.42. The molecular weight excluding hydrogens is 144 g/mol. The molecule has 3 rings (SSSR count).